The fourth-order valence-electron chi connectivity index (χ4n) is 7.77. The van der Waals surface area contributed by atoms with Gasteiger partial charge in [0.15, 0.2) is 5.82 Å². The third-order valence-electron chi connectivity index (χ3n) is 10.3. The number of amides is 1. The highest BCUT2D eigenvalue weighted by molar-refractivity contribution is 6.00. The van der Waals surface area contributed by atoms with Gasteiger partial charge in [0.25, 0.3) is 5.91 Å². The quantitative estimate of drug-likeness (QED) is 0.220. The van der Waals surface area contributed by atoms with E-state index in [-0.39, 0.29) is 11.7 Å². The fourth-order valence-corrected chi connectivity index (χ4v) is 7.77. The summed E-state index contributed by atoms with van der Waals surface area (Å²) in [6, 6.07) is 22.3. The summed E-state index contributed by atoms with van der Waals surface area (Å²) in [6.07, 6.45) is 5.90. The number of piperidine rings is 1. The monoisotopic (exact) mass is 597 g/mol. The van der Waals surface area contributed by atoms with Gasteiger partial charge in [-0.15, -0.1) is 0 Å². The molecule has 1 amide bonds. The summed E-state index contributed by atoms with van der Waals surface area (Å²) < 4.78 is 10.3. The number of pyridine rings is 1. The standard InChI is InChI=1S/C37H35N5O3/c1-40-34-31(16-27(18-33(34)45-2)37(44)41-20-22-5-10-28(41)13-22)39-36(40)32-17-25-9-12-30(38-35(25)42(32)19-21-3-4-21)24-7-6-23-8-11-29(43)15-26(23)14-24/h6-9,11-12,14-18,21-22,28,43H,3-5,10,13,19-20H2,1-2H3. The van der Waals surface area contributed by atoms with Crippen LogP contribution in [0.15, 0.2) is 66.7 Å². The Morgan fingerprint density at radius 1 is 0.933 bits per heavy atom. The number of carbonyl (C=O) groups excluding carboxylic acids is 1. The highest BCUT2D eigenvalue weighted by Crippen LogP contribution is 2.41. The Bertz CT molecular complexity index is 2170. The highest BCUT2D eigenvalue weighted by atomic mass is 16.5. The first kappa shape index (κ1) is 26.5. The van der Waals surface area contributed by atoms with Gasteiger partial charge in [-0.3, -0.25) is 4.79 Å². The number of rotatable bonds is 6. The molecule has 3 aromatic heterocycles. The van der Waals surface area contributed by atoms with Crippen molar-refractivity contribution in [2.45, 2.75) is 44.7 Å². The first-order chi connectivity index (χ1) is 21.9. The second-order valence-electron chi connectivity index (χ2n) is 13.3. The van der Waals surface area contributed by atoms with Crippen molar-refractivity contribution in [3.63, 3.8) is 0 Å². The van der Waals surface area contributed by atoms with Crippen molar-refractivity contribution >= 4 is 38.7 Å². The number of likely N-dealkylation sites (tertiary alicyclic amines) is 1. The lowest BCUT2D eigenvalue weighted by Crippen LogP contribution is -2.37. The van der Waals surface area contributed by atoms with Crippen molar-refractivity contribution in [3.8, 4) is 34.3 Å². The van der Waals surface area contributed by atoms with E-state index in [9.17, 15) is 9.90 Å². The maximum absolute atomic E-state index is 13.7. The largest absolute Gasteiger partial charge is 0.508 e. The molecule has 0 radical (unpaired) electrons. The third kappa shape index (κ3) is 4.30. The number of hydrogen-bond donors (Lipinski definition) is 1. The smallest absolute Gasteiger partial charge is 0.254 e. The molecule has 8 heteroatoms. The summed E-state index contributed by atoms with van der Waals surface area (Å²) >= 11 is 0. The van der Waals surface area contributed by atoms with Crippen LogP contribution in [0.4, 0.5) is 0 Å². The van der Waals surface area contributed by atoms with Crippen LogP contribution in [0.5, 0.6) is 11.5 Å². The number of fused-ring (bicyclic) bond motifs is 5. The van der Waals surface area contributed by atoms with Gasteiger partial charge in [0, 0.05) is 42.7 Å². The van der Waals surface area contributed by atoms with E-state index < -0.39 is 0 Å². The van der Waals surface area contributed by atoms with E-state index in [0.717, 1.165) is 81.5 Å². The minimum absolute atomic E-state index is 0.0816. The number of carbonyl (C=O) groups is 1. The zero-order valence-corrected chi connectivity index (χ0v) is 25.5. The Labute approximate surface area is 260 Å². The van der Waals surface area contributed by atoms with E-state index in [1.165, 1.54) is 19.3 Å². The molecule has 8 nitrogen and oxygen atoms in total. The second-order valence-corrected chi connectivity index (χ2v) is 13.3. The van der Waals surface area contributed by atoms with Crippen LogP contribution >= 0.6 is 0 Å². The fraction of sp³-hybridized carbons (Fsp3) is 0.324. The lowest BCUT2D eigenvalue weighted by molar-refractivity contribution is 0.0703. The van der Waals surface area contributed by atoms with Gasteiger partial charge in [0.2, 0.25) is 0 Å². The Morgan fingerprint density at radius 2 is 1.78 bits per heavy atom. The number of hydrogen-bond acceptors (Lipinski definition) is 5. The van der Waals surface area contributed by atoms with Crippen molar-refractivity contribution in [3.05, 3.63) is 72.3 Å². The van der Waals surface area contributed by atoms with Crippen molar-refractivity contribution in [1.29, 1.82) is 0 Å². The molecule has 2 unspecified atom stereocenters. The minimum atomic E-state index is 0.0816. The van der Waals surface area contributed by atoms with Crippen LogP contribution in [0.3, 0.4) is 0 Å². The summed E-state index contributed by atoms with van der Waals surface area (Å²) in [5.74, 6) is 3.09. The van der Waals surface area contributed by atoms with Crippen LogP contribution in [-0.4, -0.2) is 54.7 Å². The molecule has 2 saturated carbocycles. The number of benzene rings is 3. The van der Waals surface area contributed by atoms with Crippen molar-refractivity contribution < 1.29 is 14.6 Å². The van der Waals surface area contributed by atoms with Gasteiger partial charge >= 0.3 is 0 Å². The van der Waals surface area contributed by atoms with Crippen LogP contribution in [0.2, 0.25) is 0 Å². The van der Waals surface area contributed by atoms with Crippen molar-refractivity contribution in [2.24, 2.45) is 18.9 Å². The zero-order chi connectivity index (χ0) is 30.4. The molecule has 2 aliphatic carbocycles. The molecule has 1 N–H and O–H groups in total. The van der Waals surface area contributed by atoms with Crippen molar-refractivity contribution in [1.82, 2.24) is 24.0 Å². The molecule has 9 rings (SSSR count). The van der Waals surface area contributed by atoms with Gasteiger partial charge in [0.05, 0.1) is 24.0 Å². The van der Waals surface area contributed by atoms with Crippen LogP contribution < -0.4 is 4.74 Å². The van der Waals surface area contributed by atoms with Crippen LogP contribution in [-0.2, 0) is 13.6 Å². The molecule has 3 fully saturated rings. The highest BCUT2D eigenvalue weighted by Gasteiger charge is 2.40. The lowest BCUT2D eigenvalue weighted by atomic mass is 10.0. The maximum atomic E-state index is 13.7. The number of nitrogens with zero attached hydrogens (tertiary/aromatic N) is 5. The third-order valence-corrected chi connectivity index (χ3v) is 10.3. The number of aryl methyl sites for hydroxylation is 1. The first-order valence-electron chi connectivity index (χ1n) is 16.0. The summed E-state index contributed by atoms with van der Waals surface area (Å²) in [5, 5.41) is 13.2. The van der Waals surface area contributed by atoms with Crippen LogP contribution in [0.25, 0.3) is 55.6 Å². The van der Waals surface area contributed by atoms with E-state index in [4.69, 9.17) is 14.7 Å². The molecular formula is C37H35N5O3. The minimum Gasteiger partial charge on any atom is -0.508 e. The zero-order valence-electron chi connectivity index (χ0n) is 25.5. The van der Waals surface area contributed by atoms with Gasteiger partial charge in [-0.05, 0) is 103 Å². The molecular weight excluding hydrogens is 562 g/mol. The molecule has 4 heterocycles. The predicted octanol–water partition coefficient (Wildman–Crippen LogP) is 7.16. The molecule has 1 aliphatic heterocycles. The summed E-state index contributed by atoms with van der Waals surface area (Å²) in [6.45, 7) is 1.73. The Kier molecular flexibility index (Phi) is 5.80. The van der Waals surface area contributed by atoms with Gasteiger partial charge < -0.3 is 23.9 Å². The van der Waals surface area contributed by atoms with E-state index in [1.807, 2.05) is 25.2 Å². The van der Waals surface area contributed by atoms with Gasteiger partial charge in [-0.25, -0.2) is 9.97 Å². The van der Waals surface area contributed by atoms with Gasteiger partial charge in [0.1, 0.15) is 22.7 Å². The van der Waals surface area contributed by atoms with Gasteiger partial charge in [-0.1, -0.05) is 18.2 Å². The number of aromatic nitrogens is 4. The number of phenols is 1. The molecule has 45 heavy (non-hydrogen) atoms. The van der Waals surface area contributed by atoms with E-state index in [0.29, 0.717) is 29.2 Å². The number of aromatic hydroxyl groups is 1. The Hall–Kier alpha value is -4.85. The number of methoxy groups -OCH3 is 1. The van der Waals surface area contributed by atoms with Gasteiger partial charge in [-0.2, -0.15) is 0 Å². The van der Waals surface area contributed by atoms with E-state index in [2.05, 4.69) is 50.4 Å². The molecule has 2 atom stereocenters. The second kappa shape index (κ2) is 9.83. The predicted molar refractivity (Wildman–Crippen MR) is 175 cm³/mol. The van der Waals surface area contributed by atoms with Crippen LogP contribution in [0.1, 0.15) is 42.5 Å². The molecule has 3 aromatic carbocycles. The lowest BCUT2D eigenvalue weighted by Gasteiger charge is -2.27. The molecule has 1 saturated heterocycles. The molecule has 0 spiro atoms. The SMILES string of the molecule is COc1cc(C(=O)N2CC3CCC2C3)cc2nc(-c3cc4ccc(-c5ccc6ccc(O)cc6c5)nc4n3CC3CC3)n(C)c12. The topological polar surface area (TPSA) is 85.4 Å². The maximum Gasteiger partial charge on any atom is 0.254 e. The Morgan fingerprint density at radius 3 is 2.56 bits per heavy atom. The number of ether oxygens (including phenoxy) is 1. The van der Waals surface area contributed by atoms with E-state index >= 15 is 0 Å². The van der Waals surface area contributed by atoms with Crippen LogP contribution in [0, 0.1) is 11.8 Å². The number of phenolic OH excluding ortho intramolecular Hbond substituents is 1. The average molecular weight is 598 g/mol. The Balaban J connectivity index is 1.16. The molecule has 226 valence electrons. The summed E-state index contributed by atoms with van der Waals surface area (Å²) in [4.78, 5) is 26.1. The first-order valence-corrected chi connectivity index (χ1v) is 16.0. The molecule has 3 aliphatic rings. The molecule has 6 aromatic rings. The summed E-state index contributed by atoms with van der Waals surface area (Å²) in [7, 11) is 3.69. The molecule has 2 bridgehead atoms. The average Bonchev–Trinajstić information content (AvgIpc) is 3.34. The van der Waals surface area contributed by atoms with E-state index in [1.54, 1.807) is 19.2 Å². The summed E-state index contributed by atoms with van der Waals surface area (Å²) in [5.41, 5.74) is 6.12. The van der Waals surface area contributed by atoms with Crippen molar-refractivity contribution in [2.75, 3.05) is 13.7 Å². The number of imidazole rings is 1. The normalized spacial score (nSPS) is 19.4.